The van der Waals surface area contributed by atoms with Crippen LogP contribution >= 0.6 is 0 Å². The molecule has 0 aliphatic carbocycles. The van der Waals surface area contributed by atoms with Crippen LogP contribution in [0.15, 0.2) is 0 Å². The molecule has 2 nitrogen and oxygen atoms in total. The molecule has 0 aromatic carbocycles. The number of hydrogen-bond acceptors (Lipinski definition) is 2. The third-order valence-electron chi connectivity index (χ3n) is 3.17. The maximum atomic E-state index is 5.97. The molecule has 0 saturated carbocycles. The molecule has 3 atom stereocenters. The van der Waals surface area contributed by atoms with Gasteiger partial charge in [0.05, 0.1) is 0 Å². The van der Waals surface area contributed by atoms with Crippen molar-refractivity contribution in [1.29, 1.82) is 0 Å². The second-order valence-corrected chi connectivity index (χ2v) is 3.72. The van der Waals surface area contributed by atoms with E-state index in [1.54, 1.807) is 0 Å². The topological polar surface area (TPSA) is 29.3 Å². The molecule has 0 spiro atoms. The molecule has 2 aliphatic heterocycles. The van der Waals surface area contributed by atoms with Crippen molar-refractivity contribution in [2.75, 3.05) is 7.05 Å². The minimum absolute atomic E-state index is 0.470. The van der Waals surface area contributed by atoms with Gasteiger partial charge >= 0.3 is 0 Å². The molecule has 58 valence electrons. The van der Waals surface area contributed by atoms with Crippen molar-refractivity contribution < 1.29 is 0 Å². The highest BCUT2D eigenvalue weighted by Crippen LogP contribution is 2.32. The van der Waals surface area contributed by atoms with E-state index in [0.29, 0.717) is 12.1 Å². The summed E-state index contributed by atoms with van der Waals surface area (Å²) in [5, 5.41) is 0. The van der Waals surface area contributed by atoms with Gasteiger partial charge in [-0.1, -0.05) is 6.42 Å². The summed E-state index contributed by atoms with van der Waals surface area (Å²) in [7, 11) is 2.22. The Morgan fingerprint density at radius 1 is 1.40 bits per heavy atom. The molecule has 2 rings (SSSR count). The predicted octanol–water partition coefficient (Wildman–Crippen LogP) is 0.570. The monoisotopic (exact) mass is 140 g/mol. The van der Waals surface area contributed by atoms with E-state index >= 15 is 0 Å². The summed E-state index contributed by atoms with van der Waals surface area (Å²) in [6, 6.07) is 1.99. The molecule has 0 radical (unpaired) electrons. The van der Waals surface area contributed by atoms with Crippen LogP contribution < -0.4 is 5.73 Å². The van der Waals surface area contributed by atoms with E-state index in [0.717, 1.165) is 6.04 Å². The lowest BCUT2D eigenvalue weighted by molar-refractivity contribution is 0.174. The van der Waals surface area contributed by atoms with E-state index in [2.05, 4.69) is 11.9 Å². The van der Waals surface area contributed by atoms with Gasteiger partial charge < -0.3 is 5.73 Å². The van der Waals surface area contributed by atoms with Crippen molar-refractivity contribution in [2.45, 2.75) is 43.8 Å². The van der Waals surface area contributed by atoms with Gasteiger partial charge in [0.25, 0.3) is 0 Å². The van der Waals surface area contributed by atoms with Gasteiger partial charge in [-0.05, 0) is 26.3 Å². The number of piperidine rings is 1. The van der Waals surface area contributed by atoms with Crippen molar-refractivity contribution in [3.05, 3.63) is 0 Å². The molecule has 2 bridgehead atoms. The van der Waals surface area contributed by atoms with Crippen LogP contribution in [0.1, 0.15) is 25.7 Å². The Bertz CT molecular complexity index is 135. The van der Waals surface area contributed by atoms with Gasteiger partial charge in [-0.15, -0.1) is 0 Å². The normalized spacial score (nSPS) is 48.0. The van der Waals surface area contributed by atoms with Crippen molar-refractivity contribution in [2.24, 2.45) is 5.73 Å². The zero-order valence-electron chi connectivity index (χ0n) is 6.59. The van der Waals surface area contributed by atoms with Crippen LogP contribution in [-0.2, 0) is 0 Å². The maximum Gasteiger partial charge on any atom is 0.0247 e. The van der Waals surface area contributed by atoms with E-state index in [1.807, 2.05) is 0 Å². The highest BCUT2D eigenvalue weighted by atomic mass is 15.2. The van der Waals surface area contributed by atoms with Crippen LogP contribution in [0.2, 0.25) is 0 Å². The van der Waals surface area contributed by atoms with Gasteiger partial charge in [-0.2, -0.15) is 0 Å². The third kappa shape index (κ3) is 0.789. The SMILES string of the molecule is CN1C2CCCC1C(N)C2. The fraction of sp³-hybridized carbons (Fsp3) is 1.00. The Morgan fingerprint density at radius 3 is 2.80 bits per heavy atom. The van der Waals surface area contributed by atoms with Crippen LogP contribution in [0.5, 0.6) is 0 Å². The molecule has 2 N–H and O–H groups in total. The fourth-order valence-corrected chi connectivity index (χ4v) is 2.51. The number of nitrogens with two attached hydrogens (primary N) is 1. The summed E-state index contributed by atoms with van der Waals surface area (Å²) >= 11 is 0. The standard InChI is InChI=1S/C8H16N2/c1-10-6-3-2-4-8(10)7(9)5-6/h6-8H,2-5,9H2,1H3. The zero-order chi connectivity index (χ0) is 7.14. The zero-order valence-corrected chi connectivity index (χ0v) is 6.59. The molecule has 2 heteroatoms. The summed E-state index contributed by atoms with van der Waals surface area (Å²) in [4.78, 5) is 2.48. The lowest BCUT2D eigenvalue weighted by Gasteiger charge is -2.31. The summed E-state index contributed by atoms with van der Waals surface area (Å²) in [6.07, 6.45) is 5.34. The van der Waals surface area contributed by atoms with E-state index in [-0.39, 0.29) is 0 Å². The van der Waals surface area contributed by atoms with E-state index < -0.39 is 0 Å². The molecule has 2 saturated heterocycles. The minimum Gasteiger partial charge on any atom is -0.326 e. The molecular formula is C8H16N2. The highest BCUT2D eigenvalue weighted by Gasteiger charge is 2.39. The van der Waals surface area contributed by atoms with Gasteiger partial charge in [-0.3, -0.25) is 4.90 Å². The number of hydrogen-bond donors (Lipinski definition) is 1. The van der Waals surface area contributed by atoms with Gasteiger partial charge in [0, 0.05) is 18.1 Å². The second kappa shape index (κ2) is 2.21. The average Bonchev–Trinajstić information content (AvgIpc) is 2.16. The first-order valence-electron chi connectivity index (χ1n) is 4.26. The minimum atomic E-state index is 0.470. The molecule has 3 unspecified atom stereocenters. The number of rotatable bonds is 0. The number of likely N-dealkylation sites (N-methyl/N-ethyl adjacent to an activating group) is 1. The Labute approximate surface area is 62.4 Å². The first kappa shape index (κ1) is 6.62. The maximum absolute atomic E-state index is 5.97. The van der Waals surface area contributed by atoms with Crippen LogP contribution in [0.3, 0.4) is 0 Å². The van der Waals surface area contributed by atoms with Crippen molar-refractivity contribution in [3.8, 4) is 0 Å². The van der Waals surface area contributed by atoms with E-state index in [1.165, 1.54) is 25.7 Å². The third-order valence-corrected chi connectivity index (χ3v) is 3.17. The van der Waals surface area contributed by atoms with E-state index in [9.17, 15) is 0 Å². The Morgan fingerprint density at radius 2 is 2.20 bits per heavy atom. The molecule has 0 aromatic heterocycles. The van der Waals surface area contributed by atoms with Gasteiger partial charge in [0.15, 0.2) is 0 Å². The largest absolute Gasteiger partial charge is 0.326 e. The van der Waals surface area contributed by atoms with E-state index in [4.69, 9.17) is 5.73 Å². The van der Waals surface area contributed by atoms with Gasteiger partial charge in [0.1, 0.15) is 0 Å². The molecule has 2 heterocycles. The number of nitrogens with zero attached hydrogens (tertiary/aromatic N) is 1. The highest BCUT2D eigenvalue weighted by molar-refractivity contribution is 4.97. The Kier molecular flexibility index (Phi) is 1.46. The summed E-state index contributed by atoms with van der Waals surface area (Å²) in [6.45, 7) is 0. The first-order valence-corrected chi connectivity index (χ1v) is 4.26. The summed E-state index contributed by atoms with van der Waals surface area (Å²) in [5.41, 5.74) is 5.97. The molecule has 0 aromatic rings. The van der Waals surface area contributed by atoms with Crippen LogP contribution in [-0.4, -0.2) is 30.1 Å². The Balaban J connectivity index is 2.14. The van der Waals surface area contributed by atoms with Crippen LogP contribution in [0.25, 0.3) is 0 Å². The lowest BCUT2D eigenvalue weighted by atomic mass is 10.0. The molecular weight excluding hydrogens is 124 g/mol. The summed E-state index contributed by atoms with van der Waals surface area (Å²) in [5.74, 6) is 0. The van der Waals surface area contributed by atoms with Crippen LogP contribution in [0.4, 0.5) is 0 Å². The lowest BCUT2D eigenvalue weighted by Crippen LogP contribution is -2.41. The summed E-state index contributed by atoms with van der Waals surface area (Å²) < 4.78 is 0. The molecule has 10 heavy (non-hydrogen) atoms. The average molecular weight is 140 g/mol. The van der Waals surface area contributed by atoms with Crippen molar-refractivity contribution in [3.63, 3.8) is 0 Å². The van der Waals surface area contributed by atoms with Crippen molar-refractivity contribution in [1.82, 2.24) is 4.90 Å². The molecule has 2 fully saturated rings. The van der Waals surface area contributed by atoms with Crippen LogP contribution in [0, 0.1) is 0 Å². The first-order chi connectivity index (χ1) is 4.79. The quantitative estimate of drug-likeness (QED) is 0.533. The van der Waals surface area contributed by atoms with Gasteiger partial charge in [0.2, 0.25) is 0 Å². The Hall–Kier alpha value is -0.0800. The van der Waals surface area contributed by atoms with Gasteiger partial charge in [-0.25, -0.2) is 0 Å². The smallest absolute Gasteiger partial charge is 0.0247 e. The second-order valence-electron chi connectivity index (χ2n) is 3.72. The molecule has 0 amide bonds. The number of fused-ring (bicyclic) bond motifs is 2. The van der Waals surface area contributed by atoms with Crippen molar-refractivity contribution >= 4 is 0 Å². The molecule has 2 aliphatic rings. The fourth-order valence-electron chi connectivity index (χ4n) is 2.51. The predicted molar refractivity (Wildman–Crippen MR) is 41.8 cm³/mol.